The standard InChI is InChI=1S/C14H16ClNO/c1-2-3-4-5-13-10-17-14(16-13)11-6-8-12(15)9-7-11/h6-10H,2-5H2,1H3. The summed E-state index contributed by atoms with van der Waals surface area (Å²) in [5, 5.41) is 0.725. The van der Waals surface area contributed by atoms with Gasteiger partial charge in [-0.05, 0) is 37.1 Å². The summed E-state index contributed by atoms with van der Waals surface area (Å²) >= 11 is 5.84. The second kappa shape index (κ2) is 5.87. The lowest BCUT2D eigenvalue weighted by Gasteiger charge is -1.95. The van der Waals surface area contributed by atoms with Crippen molar-refractivity contribution >= 4 is 11.6 Å². The van der Waals surface area contributed by atoms with Gasteiger partial charge in [-0.25, -0.2) is 4.98 Å². The minimum atomic E-state index is 0.674. The van der Waals surface area contributed by atoms with Crippen molar-refractivity contribution in [2.45, 2.75) is 32.6 Å². The molecule has 1 heterocycles. The van der Waals surface area contributed by atoms with Crippen LogP contribution >= 0.6 is 11.6 Å². The normalized spacial score (nSPS) is 10.7. The fourth-order valence-electron chi connectivity index (χ4n) is 1.70. The number of hydrogen-bond acceptors (Lipinski definition) is 2. The van der Waals surface area contributed by atoms with Gasteiger partial charge in [-0.15, -0.1) is 0 Å². The Morgan fingerprint density at radius 1 is 1.18 bits per heavy atom. The quantitative estimate of drug-likeness (QED) is 0.716. The Hall–Kier alpha value is -1.28. The Labute approximate surface area is 107 Å². The van der Waals surface area contributed by atoms with Gasteiger partial charge in [-0.2, -0.15) is 0 Å². The van der Waals surface area contributed by atoms with E-state index in [9.17, 15) is 0 Å². The van der Waals surface area contributed by atoms with E-state index in [0.29, 0.717) is 5.89 Å². The molecule has 1 aromatic carbocycles. The zero-order chi connectivity index (χ0) is 12.1. The van der Waals surface area contributed by atoms with E-state index < -0.39 is 0 Å². The number of hydrogen-bond donors (Lipinski definition) is 0. The summed E-state index contributed by atoms with van der Waals surface area (Å²) in [5.74, 6) is 0.674. The molecule has 0 unspecified atom stereocenters. The molecule has 0 fully saturated rings. The molecule has 17 heavy (non-hydrogen) atoms. The number of aryl methyl sites for hydroxylation is 1. The zero-order valence-corrected chi connectivity index (χ0v) is 10.7. The van der Waals surface area contributed by atoms with Crippen LogP contribution in [0.2, 0.25) is 5.02 Å². The Balaban J connectivity index is 2.04. The van der Waals surface area contributed by atoms with Crippen molar-refractivity contribution in [2.24, 2.45) is 0 Å². The molecule has 0 N–H and O–H groups in total. The van der Waals surface area contributed by atoms with Crippen LogP contribution in [0.1, 0.15) is 31.9 Å². The van der Waals surface area contributed by atoms with E-state index in [1.54, 1.807) is 6.26 Å². The summed E-state index contributed by atoms with van der Waals surface area (Å²) in [6.45, 7) is 2.20. The van der Waals surface area contributed by atoms with Gasteiger partial charge in [0.15, 0.2) is 0 Å². The van der Waals surface area contributed by atoms with Crippen LogP contribution in [0.5, 0.6) is 0 Å². The second-order valence-corrected chi connectivity index (χ2v) is 4.54. The number of aromatic nitrogens is 1. The van der Waals surface area contributed by atoms with E-state index in [0.717, 1.165) is 22.7 Å². The summed E-state index contributed by atoms with van der Waals surface area (Å²) in [5.41, 5.74) is 2.00. The van der Waals surface area contributed by atoms with Gasteiger partial charge >= 0.3 is 0 Å². The first-order valence-electron chi connectivity index (χ1n) is 6.00. The van der Waals surface area contributed by atoms with Crippen molar-refractivity contribution in [3.05, 3.63) is 41.2 Å². The summed E-state index contributed by atoms with van der Waals surface area (Å²) in [6, 6.07) is 7.53. The summed E-state index contributed by atoms with van der Waals surface area (Å²) < 4.78 is 5.47. The first-order valence-corrected chi connectivity index (χ1v) is 6.37. The number of halogens is 1. The number of rotatable bonds is 5. The number of nitrogens with zero attached hydrogens (tertiary/aromatic N) is 1. The molecule has 0 aliphatic rings. The van der Waals surface area contributed by atoms with Crippen LogP contribution in [0.25, 0.3) is 11.5 Å². The SMILES string of the molecule is CCCCCc1coc(-c2ccc(Cl)cc2)n1. The Morgan fingerprint density at radius 2 is 1.94 bits per heavy atom. The summed E-state index contributed by atoms with van der Waals surface area (Å²) in [4.78, 5) is 4.47. The van der Waals surface area contributed by atoms with Crippen LogP contribution in [0, 0.1) is 0 Å². The molecule has 2 aromatic rings. The number of oxazole rings is 1. The van der Waals surface area contributed by atoms with E-state index in [-0.39, 0.29) is 0 Å². The Bertz CT molecular complexity index is 461. The van der Waals surface area contributed by atoms with Gasteiger partial charge < -0.3 is 4.42 Å². The monoisotopic (exact) mass is 249 g/mol. The fraction of sp³-hybridized carbons (Fsp3) is 0.357. The predicted molar refractivity (Wildman–Crippen MR) is 70.2 cm³/mol. The van der Waals surface area contributed by atoms with E-state index in [2.05, 4.69) is 11.9 Å². The maximum atomic E-state index is 5.84. The maximum absolute atomic E-state index is 5.84. The van der Waals surface area contributed by atoms with Gasteiger partial charge in [-0.3, -0.25) is 0 Å². The molecular formula is C14H16ClNO. The van der Waals surface area contributed by atoms with Gasteiger partial charge in [-0.1, -0.05) is 31.4 Å². The lowest BCUT2D eigenvalue weighted by atomic mass is 10.2. The van der Waals surface area contributed by atoms with E-state index in [4.69, 9.17) is 16.0 Å². The van der Waals surface area contributed by atoms with Gasteiger partial charge in [0, 0.05) is 10.6 Å². The molecule has 90 valence electrons. The molecule has 0 saturated carbocycles. The highest BCUT2D eigenvalue weighted by atomic mass is 35.5. The van der Waals surface area contributed by atoms with Gasteiger partial charge in [0.25, 0.3) is 0 Å². The highest BCUT2D eigenvalue weighted by Crippen LogP contribution is 2.21. The third kappa shape index (κ3) is 3.34. The van der Waals surface area contributed by atoms with Crippen LogP contribution in [0.4, 0.5) is 0 Å². The lowest BCUT2D eigenvalue weighted by Crippen LogP contribution is -1.85. The van der Waals surface area contributed by atoms with Crippen molar-refractivity contribution in [3.63, 3.8) is 0 Å². The summed E-state index contributed by atoms with van der Waals surface area (Å²) in [6.07, 6.45) is 6.37. The molecule has 0 radical (unpaired) electrons. The van der Waals surface area contributed by atoms with Crippen molar-refractivity contribution in [3.8, 4) is 11.5 Å². The minimum absolute atomic E-state index is 0.674. The fourth-order valence-corrected chi connectivity index (χ4v) is 1.83. The molecule has 2 rings (SSSR count). The van der Waals surface area contributed by atoms with Crippen LogP contribution < -0.4 is 0 Å². The molecule has 0 saturated heterocycles. The zero-order valence-electron chi connectivity index (χ0n) is 9.95. The minimum Gasteiger partial charge on any atom is -0.444 e. The maximum Gasteiger partial charge on any atom is 0.226 e. The van der Waals surface area contributed by atoms with Gasteiger partial charge in [0.05, 0.1) is 5.69 Å². The van der Waals surface area contributed by atoms with Crippen LogP contribution in [0.3, 0.4) is 0 Å². The molecular weight excluding hydrogens is 234 g/mol. The van der Waals surface area contributed by atoms with Crippen molar-refractivity contribution in [2.75, 3.05) is 0 Å². The first-order chi connectivity index (χ1) is 8.29. The van der Waals surface area contributed by atoms with E-state index in [1.165, 1.54) is 19.3 Å². The molecule has 2 nitrogen and oxygen atoms in total. The number of unbranched alkanes of at least 4 members (excludes halogenated alkanes) is 2. The largest absolute Gasteiger partial charge is 0.444 e. The predicted octanol–water partition coefficient (Wildman–Crippen LogP) is 4.73. The number of benzene rings is 1. The molecule has 0 aliphatic heterocycles. The molecule has 0 bridgehead atoms. The van der Waals surface area contributed by atoms with Gasteiger partial charge in [0.2, 0.25) is 5.89 Å². The molecule has 3 heteroatoms. The topological polar surface area (TPSA) is 26.0 Å². The summed E-state index contributed by atoms with van der Waals surface area (Å²) in [7, 11) is 0. The van der Waals surface area contributed by atoms with Crippen LogP contribution in [-0.4, -0.2) is 4.98 Å². The van der Waals surface area contributed by atoms with E-state index >= 15 is 0 Å². The smallest absolute Gasteiger partial charge is 0.226 e. The molecule has 1 aromatic heterocycles. The van der Waals surface area contributed by atoms with E-state index in [1.807, 2.05) is 24.3 Å². The first kappa shape index (κ1) is 12.2. The highest BCUT2D eigenvalue weighted by molar-refractivity contribution is 6.30. The highest BCUT2D eigenvalue weighted by Gasteiger charge is 2.06. The third-order valence-electron chi connectivity index (χ3n) is 2.68. The molecule has 0 amide bonds. The molecule has 0 aliphatic carbocycles. The lowest BCUT2D eigenvalue weighted by molar-refractivity contribution is 0.571. The molecule has 0 atom stereocenters. The molecule has 0 spiro atoms. The van der Waals surface area contributed by atoms with Crippen molar-refractivity contribution < 1.29 is 4.42 Å². The van der Waals surface area contributed by atoms with Crippen LogP contribution in [-0.2, 0) is 6.42 Å². The average molecular weight is 250 g/mol. The third-order valence-corrected chi connectivity index (χ3v) is 2.93. The van der Waals surface area contributed by atoms with Crippen molar-refractivity contribution in [1.29, 1.82) is 0 Å². The van der Waals surface area contributed by atoms with Crippen molar-refractivity contribution in [1.82, 2.24) is 4.98 Å². The Kier molecular flexibility index (Phi) is 4.21. The second-order valence-electron chi connectivity index (χ2n) is 4.11. The average Bonchev–Trinajstić information content (AvgIpc) is 2.79. The van der Waals surface area contributed by atoms with Gasteiger partial charge in [0.1, 0.15) is 6.26 Å². The Morgan fingerprint density at radius 3 is 2.65 bits per heavy atom. The van der Waals surface area contributed by atoms with Crippen LogP contribution in [0.15, 0.2) is 34.9 Å².